The highest BCUT2D eigenvalue weighted by molar-refractivity contribution is 7.99. The quantitative estimate of drug-likeness (QED) is 0.180. The molecule has 2 unspecified atom stereocenters. The van der Waals surface area contributed by atoms with Crippen molar-refractivity contribution in [2.75, 3.05) is 11.6 Å². The normalized spacial score (nSPS) is 17.9. The van der Waals surface area contributed by atoms with Crippen molar-refractivity contribution in [1.29, 1.82) is 0 Å². The average molecular weight is 440 g/mol. The first kappa shape index (κ1) is 21.3. The number of aromatic nitrogens is 1. The topological polar surface area (TPSA) is 48.4 Å². The van der Waals surface area contributed by atoms with Gasteiger partial charge in [0.15, 0.2) is 0 Å². The van der Waals surface area contributed by atoms with E-state index in [1.165, 1.54) is 0 Å². The molecule has 1 aromatic heterocycles. The van der Waals surface area contributed by atoms with E-state index < -0.39 is 0 Å². The highest BCUT2D eigenvalue weighted by atomic mass is 35.5. The van der Waals surface area contributed by atoms with Crippen molar-refractivity contribution in [1.82, 2.24) is 4.98 Å². The Morgan fingerprint density at radius 2 is 2.11 bits per heavy atom. The number of ether oxygens (including phenoxy) is 2. The van der Waals surface area contributed by atoms with Crippen LogP contribution in [0.2, 0.25) is 5.02 Å². The first-order valence-electron chi connectivity index (χ1n) is 9.37. The molecule has 0 aliphatic heterocycles. The second-order valence-corrected chi connectivity index (χ2v) is 8.55. The van der Waals surface area contributed by atoms with Crippen molar-refractivity contribution in [3.05, 3.63) is 52.7 Å². The van der Waals surface area contributed by atoms with Crippen molar-refractivity contribution < 1.29 is 14.3 Å². The van der Waals surface area contributed by atoms with Crippen LogP contribution in [0.5, 0.6) is 5.75 Å². The molecular formula is C21H23Cl2NO3S. The standard InChI is InChI=1S/C21H23Cl2NO3S/c22-9-2-1-3-10-28-21-6-4-5-15(24-21)13-26-16-7-8-17(19(23)11-16)18-12-20(18)27-14-25/h4-8,11,14,18,20H,1-3,9-10,12-13H2. The molecule has 7 heteroatoms. The van der Waals surface area contributed by atoms with Gasteiger partial charge in [-0.2, -0.15) is 0 Å². The Labute approximate surface area is 179 Å². The van der Waals surface area contributed by atoms with Crippen LogP contribution in [-0.4, -0.2) is 29.2 Å². The first-order chi connectivity index (χ1) is 13.7. The lowest BCUT2D eigenvalue weighted by atomic mass is 10.1. The third kappa shape index (κ3) is 6.29. The number of carbonyl (C=O) groups excluding carboxylic acids is 1. The summed E-state index contributed by atoms with van der Waals surface area (Å²) in [7, 11) is 0. The molecule has 1 heterocycles. The molecule has 0 amide bonds. The number of benzene rings is 1. The van der Waals surface area contributed by atoms with Crippen LogP contribution >= 0.6 is 35.0 Å². The van der Waals surface area contributed by atoms with Gasteiger partial charge in [-0.15, -0.1) is 23.4 Å². The Balaban J connectivity index is 1.49. The molecule has 1 fully saturated rings. The molecule has 0 spiro atoms. The maximum absolute atomic E-state index is 10.4. The lowest BCUT2D eigenvalue weighted by molar-refractivity contribution is -0.129. The summed E-state index contributed by atoms with van der Waals surface area (Å²) in [6.45, 7) is 0.881. The minimum atomic E-state index is -0.0545. The van der Waals surface area contributed by atoms with Gasteiger partial charge in [0.05, 0.1) is 10.7 Å². The molecule has 0 bridgehead atoms. The van der Waals surface area contributed by atoms with Gasteiger partial charge in [-0.1, -0.05) is 30.2 Å². The van der Waals surface area contributed by atoms with E-state index >= 15 is 0 Å². The largest absolute Gasteiger partial charge is 0.487 e. The number of unbranched alkanes of at least 4 members (excludes halogenated alkanes) is 2. The number of carbonyl (C=O) groups is 1. The van der Waals surface area contributed by atoms with Gasteiger partial charge >= 0.3 is 0 Å². The Bertz CT molecular complexity index is 790. The molecule has 28 heavy (non-hydrogen) atoms. The molecule has 0 N–H and O–H groups in total. The maximum Gasteiger partial charge on any atom is 0.293 e. The lowest BCUT2D eigenvalue weighted by Crippen LogP contribution is -2.00. The number of hydrogen-bond acceptors (Lipinski definition) is 5. The Morgan fingerprint density at radius 1 is 1.21 bits per heavy atom. The van der Waals surface area contributed by atoms with Crippen molar-refractivity contribution in [3.63, 3.8) is 0 Å². The van der Waals surface area contributed by atoms with Crippen LogP contribution in [0.25, 0.3) is 0 Å². The number of alkyl halides is 1. The van der Waals surface area contributed by atoms with Crippen molar-refractivity contribution in [3.8, 4) is 5.75 Å². The summed E-state index contributed by atoms with van der Waals surface area (Å²) in [5, 5.41) is 1.64. The van der Waals surface area contributed by atoms with E-state index in [1.54, 1.807) is 11.8 Å². The number of halogens is 2. The van der Waals surface area contributed by atoms with Crippen molar-refractivity contribution in [2.45, 2.75) is 49.3 Å². The van der Waals surface area contributed by atoms with Crippen LogP contribution in [0.3, 0.4) is 0 Å². The fraction of sp³-hybridized carbons (Fsp3) is 0.429. The van der Waals surface area contributed by atoms with Gasteiger partial charge in [-0.25, -0.2) is 4.98 Å². The molecule has 1 aliphatic rings. The number of rotatable bonds is 12. The van der Waals surface area contributed by atoms with Crippen molar-refractivity contribution >= 4 is 41.4 Å². The van der Waals surface area contributed by atoms with Gasteiger partial charge in [0.1, 0.15) is 18.5 Å². The van der Waals surface area contributed by atoms with Crippen LogP contribution in [0.1, 0.15) is 42.9 Å². The van der Waals surface area contributed by atoms with Crippen LogP contribution in [0.4, 0.5) is 0 Å². The van der Waals surface area contributed by atoms with E-state index in [1.807, 2.05) is 36.4 Å². The SMILES string of the molecule is O=COC1CC1c1ccc(OCc2cccc(SCCCCCCl)n2)cc1Cl. The summed E-state index contributed by atoms with van der Waals surface area (Å²) in [6.07, 6.45) is 4.12. The predicted molar refractivity (Wildman–Crippen MR) is 114 cm³/mol. The third-order valence-corrected chi connectivity index (χ3v) is 6.14. The molecule has 3 rings (SSSR count). The fourth-order valence-electron chi connectivity index (χ4n) is 2.94. The summed E-state index contributed by atoms with van der Waals surface area (Å²) < 4.78 is 10.8. The summed E-state index contributed by atoms with van der Waals surface area (Å²) >= 11 is 13.8. The maximum atomic E-state index is 10.4. The van der Waals surface area contributed by atoms with Crippen LogP contribution in [-0.2, 0) is 16.1 Å². The van der Waals surface area contributed by atoms with Gasteiger partial charge in [0.2, 0.25) is 0 Å². The van der Waals surface area contributed by atoms with Crippen LogP contribution in [0.15, 0.2) is 41.4 Å². The molecule has 1 aliphatic carbocycles. The second kappa shape index (κ2) is 10.9. The molecule has 2 aromatic rings. The summed E-state index contributed by atoms with van der Waals surface area (Å²) in [4.78, 5) is 15.1. The molecular weight excluding hydrogens is 417 g/mol. The van der Waals surface area contributed by atoms with Gasteiger partial charge in [-0.3, -0.25) is 4.79 Å². The molecule has 2 atom stereocenters. The first-order valence-corrected chi connectivity index (χ1v) is 11.3. The molecule has 150 valence electrons. The van der Waals surface area contributed by atoms with Gasteiger partial charge in [0.25, 0.3) is 6.47 Å². The highest BCUT2D eigenvalue weighted by Gasteiger charge is 2.41. The van der Waals surface area contributed by atoms with Gasteiger partial charge < -0.3 is 9.47 Å². The minimum Gasteiger partial charge on any atom is -0.487 e. The van der Waals surface area contributed by atoms with E-state index in [9.17, 15) is 4.79 Å². The molecule has 1 aromatic carbocycles. The number of nitrogens with zero attached hydrogens (tertiary/aromatic N) is 1. The Morgan fingerprint density at radius 3 is 2.89 bits per heavy atom. The molecule has 0 radical (unpaired) electrons. The number of hydrogen-bond donors (Lipinski definition) is 0. The van der Waals surface area contributed by atoms with Crippen molar-refractivity contribution in [2.24, 2.45) is 0 Å². The Kier molecular flexibility index (Phi) is 8.31. The van der Waals surface area contributed by atoms with E-state index in [4.69, 9.17) is 32.7 Å². The van der Waals surface area contributed by atoms with Crippen LogP contribution < -0.4 is 4.74 Å². The minimum absolute atomic E-state index is 0.0545. The summed E-state index contributed by atoms with van der Waals surface area (Å²) in [5.74, 6) is 2.66. The zero-order valence-corrected chi connectivity index (χ0v) is 17.8. The zero-order chi connectivity index (χ0) is 19.8. The van der Waals surface area contributed by atoms with Gasteiger partial charge in [-0.05, 0) is 54.8 Å². The van der Waals surface area contributed by atoms with E-state index in [2.05, 4.69) is 4.98 Å². The predicted octanol–water partition coefficient (Wildman–Crippen LogP) is 5.84. The second-order valence-electron chi connectivity index (χ2n) is 6.65. The lowest BCUT2D eigenvalue weighted by Gasteiger charge is -2.10. The molecule has 0 saturated heterocycles. The number of thioether (sulfide) groups is 1. The third-order valence-electron chi connectivity index (χ3n) is 4.53. The Hall–Kier alpha value is -1.43. The fourth-order valence-corrected chi connectivity index (χ4v) is 4.36. The molecule has 1 saturated carbocycles. The zero-order valence-electron chi connectivity index (χ0n) is 15.5. The highest BCUT2D eigenvalue weighted by Crippen LogP contribution is 2.46. The number of pyridine rings is 1. The van der Waals surface area contributed by atoms with Gasteiger partial charge in [0, 0.05) is 16.8 Å². The smallest absolute Gasteiger partial charge is 0.293 e. The average Bonchev–Trinajstić information content (AvgIpc) is 3.46. The van der Waals surface area contributed by atoms with E-state index in [-0.39, 0.29) is 12.0 Å². The monoisotopic (exact) mass is 439 g/mol. The van der Waals surface area contributed by atoms with Crippen LogP contribution in [0, 0.1) is 0 Å². The summed E-state index contributed by atoms with van der Waals surface area (Å²) in [5.41, 5.74) is 1.87. The molecule has 4 nitrogen and oxygen atoms in total. The summed E-state index contributed by atoms with van der Waals surface area (Å²) in [6, 6.07) is 11.6. The van der Waals surface area contributed by atoms with E-state index in [0.29, 0.717) is 23.9 Å². The van der Waals surface area contributed by atoms with E-state index in [0.717, 1.165) is 53.6 Å².